The third-order valence-corrected chi connectivity index (χ3v) is 1.75. The summed E-state index contributed by atoms with van der Waals surface area (Å²) in [7, 11) is 0. The highest BCUT2D eigenvalue weighted by atomic mass is 16.6. The predicted molar refractivity (Wildman–Crippen MR) is 42.3 cm³/mol. The molecule has 1 aliphatic heterocycles. The molecule has 1 unspecified atom stereocenters. The van der Waals surface area contributed by atoms with E-state index in [0.29, 0.717) is 5.06 Å². The van der Waals surface area contributed by atoms with Crippen LogP contribution in [0.2, 0.25) is 0 Å². The van der Waals surface area contributed by atoms with Crippen LogP contribution in [0.15, 0.2) is 24.3 Å². The van der Waals surface area contributed by atoms with Gasteiger partial charge in [0.15, 0.2) is 0 Å². The molecule has 0 saturated heterocycles. The molecule has 1 atom stereocenters. The van der Waals surface area contributed by atoms with Crippen molar-refractivity contribution in [1.29, 1.82) is 0 Å². The van der Waals surface area contributed by atoms with E-state index < -0.39 is 12.2 Å². The summed E-state index contributed by atoms with van der Waals surface area (Å²) in [6.45, 7) is 0. The van der Waals surface area contributed by atoms with Gasteiger partial charge in [0.25, 0.3) is 6.29 Å². The molecule has 1 amide bonds. The average molecular weight is 181 g/mol. The molecule has 68 valence electrons. The molecular formula is C8H7NO4. The van der Waals surface area contributed by atoms with Gasteiger partial charge < -0.3 is 9.84 Å². The highest BCUT2D eigenvalue weighted by molar-refractivity contribution is 5.96. The Morgan fingerprint density at radius 1 is 1.38 bits per heavy atom. The van der Waals surface area contributed by atoms with Gasteiger partial charge in [0, 0.05) is 0 Å². The molecule has 2 N–H and O–H groups in total. The molecule has 0 saturated carbocycles. The predicted octanol–water partition coefficient (Wildman–Crippen LogP) is 0.120. The van der Waals surface area contributed by atoms with Crippen LogP contribution in [0, 0.1) is 0 Å². The molecule has 1 aromatic rings. The quantitative estimate of drug-likeness (QED) is 0.558. The minimum absolute atomic E-state index is 0.234. The number of hydroxylamine groups is 1. The van der Waals surface area contributed by atoms with E-state index in [1.807, 2.05) is 0 Å². The van der Waals surface area contributed by atoms with Crippen LogP contribution in [0.3, 0.4) is 0 Å². The molecule has 1 heterocycles. The van der Waals surface area contributed by atoms with E-state index in [2.05, 4.69) is 0 Å². The number of ether oxygens (including phenoxy) is 1. The number of rotatable bonds is 0. The Kier molecular flexibility index (Phi) is 1.68. The van der Waals surface area contributed by atoms with Crippen LogP contribution >= 0.6 is 0 Å². The van der Waals surface area contributed by atoms with Crippen molar-refractivity contribution in [3.8, 4) is 5.75 Å². The molecule has 13 heavy (non-hydrogen) atoms. The number of hydrogen-bond acceptors (Lipinski definition) is 4. The maximum atomic E-state index is 11.0. The van der Waals surface area contributed by atoms with Crippen molar-refractivity contribution in [2.75, 3.05) is 5.06 Å². The molecule has 0 fully saturated rings. The summed E-state index contributed by atoms with van der Waals surface area (Å²) in [6, 6.07) is 6.39. The van der Waals surface area contributed by atoms with Crippen molar-refractivity contribution >= 4 is 11.6 Å². The fourth-order valence-corrected chi connectivity index (χ4v) is 1.13. The van der Waals surface area contributed by atoms with Gasteiger partial charge in [-0.3, -0.25) is 10.0 Å². The van der Waals surface area contributed by atoms with Crippen LogP contribution in [0.1, 0.15) is 0 Å². The van der Waals surface area contributed by atoms with E-state index >= 15 is 0 Å². The molecule has 2 rings (SSSR count). The van der Waals surface area contributed by atoms with Crippen molar-refractivity contribution in [3.63, 3.8) is 0 Å². The van der Waals surface area contributed by atoms with Crippen molar-refractivity contribution in [1.82, 2.24) is 0 Å². The van der Waals surface area contributed by atoms with Crippen molar-refractivity contribution in [2.45, 2.75) is 6.29 Å². The second kappa shape index (κ2) is 2.72. The lowest BCUT2D eigenvalue weighted by molar-refractivity contribution is -0.148. The number of hydrogen-bond donors (Lipinski definition) is 2. The number of aliphatic hydroxyl groups is 1. The fraction of sp³-hybridized carbons (Fsp3) is 0.125. The number of aliphatic hydroxyl groups excluding tert-OH is 1. The molecule has 1 aliphatic rings. The van der Waals surface area contributed by atoms with Gasteiger partial charge in [-0.05, 0) is 12.1 Å². The van der Waals surface area contributed by atoms with E-state index in [9.17, 15) is 10.0 Å². The minimum atomic E-state index is -1.63. The normalized spacial score (nSPS) is 20.9. The number of fused-ring (bicyclic) bond motifs is 1. The molecule has 0 spiro atoms. The van der Waals surface area contributed by atoms with Gasteiger partial charge in [-0.2, -0.15) is 5.06 Å². The van der Waals surface area contributed by atoms with Crippen LogP contribution in [0.25, 0.3) is 0 Å². The number of para-hydroxylation sites is 2. The lowest BCUT2D eigenvalue weighted by atomic mass is 10.2. The van der Waals surface area contributed by atoms with E-state index in [-0.39, 0.29) is 11.4 Å². The largest absolute Gasteiger partial charge is 0.453 e. The lowest BCUT2D eigenvalue weighted by Crippen LogP contribution is -2.43. The number of carbonyl (C=O) groups is 1. The van der Waals surface area contributed by atoms with Gasteiger partial charge in [0.2, 0.25) is 0 Å². The zero-order chi connectivity index (χ0) is 9.42. The monoisotopic (exact) mass is 181 g/mol. The Balaban J connectivity index is 2.49. The molecule has 1 aromatic carbocycles. The Labute approximate surface area is 73.7 Å². The zero-order valence-electron chi connectivity index (χ0n) is 6.54. The van der Waals surface area contributed by atoms with Crippen LogP contribution in [-0.4, -0.2) is 22.5 Å². The van der Waals surface area contributed by atoms with Crippen LogP contribution in [0.5, 0.6) is 5.75 Å². The first-order valence-corrected chi connectivity index (χ1v) is 3.67. The summed E-state index contributed by atoms with van der Waals surface area (Å²) < 4.78 is 4.82. The molecule has 0 aliphatic carbocycles. The molecule has 0 aromatic heterocycles. The molecule has 0 radical (unpaired) electrons. The van der Waals surface area contributed by atoms with E-state index in [1.165, 1.54) is 6.07 Å². The Bertz CT molecular complexity index is 352. The zero-order valence-corrected chi connectivity index (χ0v) is 6.54. The number of benzene rings is 1. The number of carbonyl (C=O) groups excluding carboxylic acids is 1. The summed E-state index contributed by atoms with van der Waals surface area (Å²) in [5.74, 6) is -0.615. The van der Waals surface area contributed by atoms with Gasteiger partial charge in [0.05, 0.1) is 0 Å². The number of amides is 1. The molecule has 5 nitrogen and oxygen atoms in total. The Morgan fingerprint density at radius 3 is 2.85 bits per heavy atom. The SMILES string of the molecule is O=C1C(O)Oc2ccccc2N1O. The first-order valence-electron chi connectivity index (χ1n) is 3.67. The smallest absolute Gasteiger partial charge is 0.320 e. The second-order valence-corrected chi connectivity index (χ2v) is 2.59. The average Bonchev–Trinajstić information content (AvgIpc) is 2.15. The third kappa shape index (κ3) is 1.14. The molecule has 0 bridgehead atoms. The second-order valence-electron chi connectivity index (χ2n) is 2.59. The highest BCUT2D eigenvalue weighted by Crippen LogP contribution is 2.31. The summed E-state index contributed by atoms with van der Waals surface area (Å²) >= 11 is 0. The van der Waals surface area contributed by atoms with Crippen LogP contribution in [0.4, 0.5) is 5.69 Å². The number of nitrogens with zero attached hydrogens (tertiary/aromatic N) is 1. The summed E-state index contributed by atoms with van der Waals surface area (Å²) in [5, 5.41) is 18.6. The molecule has 5 heteroatoms. The molecular weight excluding hydrogens is 174 g/mol. The fourth-order valence-electron chi connectivity index (χ4n) is 1.13. The summed E-state index contributed by atoms with van der Waals surface area (Å²) in [6.07, 6.45) is -1.63. The standard InChI is InChI=1S/C8H7NO4/c10-7-8(11)13-6-4-2-1-3-5(6)9(7)12/h1-4,8,11-12H. The van der Waals surface area contributed by atoms with Gasteiger partial charge in [-0.1, -0.05) is 12.1 Å². The van der Waals surface area contributed by atoms with Gasteiger partial charge in [-0.25, -0.2) is 0 Å². The summed E-state index contributed by atoms with van der Waals surface area (Å²) in [5.41, 5.74) is 0.234. The van der Waals surface area contributed by atoms with E-state index in [4.69, 9.17) is 9.84 Å². The van der Waals surface area contributed by atoms with Gasteiger partial charge in [-0.15, -0.1) is 0 Å². The van der Waals surface area contributed by atoms with Crippen molar-refractivity contribution in [2.24, 2.45) is 0 Å². The van der Waals surface area contributed by atoms with Crippen LogP contribution < -0.4 is 9.80 Å². The van der Waals surface area contributed by atoms with Crippen molar-refractivity contribution < 1.29 is 19.8 Å². The van der Waals surface area contributed by atoms with Crippen molar-refractivity contribution in [3.05, 3.63) is 24.3 Å². The highest BCUT2D eigenvalue weighted by Gasteiger charge is 2.31. The maximum absolute atomic E-state index is 11.0. The third-order valence-electron chi connectivity index (χ3n) is 1.75. The van der Waals surface area contributed by atoms with Crippen LogP contribution in [-0.2, 0) is 4.79 Å². The number of anilines is 1. The van der Waals surface area contributed by atoms with E-state index in [1.54, 1.807) is 18.2 Å². The first kappa shape index (κ1) is 8.03. The maximum Gasteiger partial charge on any atom is 0.320 e. The van der Waals surface area contributed by atoms with Gasteiger partial charge in [0.1, 0.15) is 11.4 Å². The Morgan fingerprint density at radius 2 is 2.08 bits per heavy atom. The lowest BCUT2D eigenvalue weighted by Gasteiger charge is -2.26. The van der Waals surface area contributed by atoms with E-state index in [0.717, 1.165) is 0 Å². The first-order chi connectivity index (χ1) is 6.20. The topological polar surface area (TPSA) is 70.0 Å². The summed E-state index contributed by atoms with van der Waals surface area (Å²) in [4.78, 5) is 11.0. The Hall–Kier alpha value is -1.59. The van der Waals surface area contributed by atoms with Gasteiger partial charge >= 0.3 is 5.91 Å². The minimum Gasteiger partial charge on any atom is -0.453 e.